The molecule has 3 fully saturated rings. The van der Waals surface area contributed by atoms with Gasteiger partial charge in [-0.05, 0) is 38.0 Å². The average molecular weight is 251 g/mol. The van der Waals surface area contributed by atoms with Crippen molar-refractivity contribution in [1.29, 1.82) is 0 Å². The average Bonchev–Trinajstić information content (AvgIpc) is 2.94. The zero-order valence-corrected chi connectivity index (χ0v) is 11.4. The first-order valence-electron chi connectivity index (χ1n) is 7.67. The van der Waals surface area contributed by atoms with Crippen molar-refractivity contribution in [2.24, 2.45) is 23.7 Å². The molecule has 2 aliphatic carbocycles. The lowest BCUT2D eigenvalue weighted by Crippen LogP contribution is -2.31. The van der Waals surface area contributed by atoms with Gasteiger partial charge in [0, 0.05) is 31.5 Å². The van der Waals surface area contributed by atoms with Crippen molar-refractivity contribution >= 4 is 5.91 Å². The van der Waals surface area contributed by atoms with E-state index in [1.807, 2.05) is 6.92 Å². The highest BCUT2D eigenvalue weighted by atomic mass is 16.5. The van der Waals surface area contributed by atoms with Gasteiger partial charge in [-0.1, -0.05) is 12.8 Å². The third-order valence-electron chi connectivity index (χ3n) is 5.10. The molecule has 0 radical (unpaired) electrons. The summed E-state index contributed by atoms with van der Waals surface area (Å²) in [5.41, 5.74) is 0. The molecule has 1 aliphatic heterocycles. The highest BCUT2D eigenvalue weighted by Gasteiger charge is 2.56. The van der Waals surface area contributed by atoms with Crippen LogP contribution in [0.3, 0.4) is 0 Å². The van der Waals surface area contributed by atoms with Gasteiger partial charge in [0.25, 0.3) is 0 Å². The molecule has 0 aromatic heterocycles. The van der Waals surface area contributed by atoms with E-state index in [4.69, 9.17) is 4.74 Å². The van der Waals surface area contributed by atoms with Crippen molar-refractivity contribution in [2.75, 3.05) is 26.3 Å². The quantitative estimate of drug-likeness (QED) is 0.767. The Balaban J connectivity index is 1.49. The van der Waals surface area contributed by atoms with Crippen LogP contribution in [-0.2, 0) is 9.53 Å². The van der Waals surface area contributed by atoms with E-state index in [9.17, 15) is 4.79 Å². The van der Waals surface area contributed by atoms with Gasteiger partial charge in [0.1, 0.15) is 0 Å². The van der Waals surface area contributed by atoms with Crippen molar-refractivity contribution < 1.29 is 9.53 Å². The SMILES string of the molecule is CCOCC1CCN(C(=O)C2C3CCCCC32)C1. The standard InChI is InChI=1S/C15H25NO2/c1-2-18-10-11-7-8-16(9-11)15(17)14-12-5-3-4-6-13(12)14/h11-14H,2-10H2,1H3. The summed E-state index contributed by atoms with van der Waals surface area (Å²) in [4.78, 5) is 14.6. The van der Waals surface area contributed by atoms with Crippen LogP contribution in [0.1, 0.15) is 39.0 Å². The van der Waals surface area contributed by atoms with Gasteiger partial charge in [0.15, 0.2) is 0 Å². The number of ether oxygens (including phenoxy) is 1. The summed E-state index contributed by atoms with van der Waals surface area (Å²) in [5, 5.41) is 0. The Labute approximate surface area is 110 Å². The molecule has 3 aliphatic rings. The van der Waals surface area contributed by atoms with Crippen LogP contribution in [0.2, 0.25) is 0 Å². The number of hydrogen-bond donors (Lipinski definition) is 0. The van der Waals surface area contributed by atoms with Crippen LogP contribution in [0.4, 0.5) is 0 Å². The molecular weight excluding hydrogens is 226 g/mol. The number of rotatable bonds is 4. The third-order valence-corrected chi connectivity index (χ3v) is 5.10. The Hall–Kier alpha value is -0.570. The lowest BCUT2D eigenvalue weighted by Gasteiger charge is -2.16. The highest BCUT2D eigenvalue weighted by Crippen LogP contribution is 2.56. The highest BCUT2D eigenvalue weighted by molar-refractivity contribution is 5.82. The van der Waals surface area contributed by atoms with Crippen molar-refractivity contribution in [3.63, 3.8) is 0 Å². The molecule has 3 unspecified atom stereocenters. The Morgan fingerprint density at radius 2 is 1.94 bits per heavy atom. The molecule has 18 heavy (non-hydrogen) atoms. The zero-order valence-electron chi connectivity index (χ0n) is 11.4. The van der Waals surface area contributed by atoms with Gasteiger partial charge in [0.2, 0.25) is 5.91 Å². The molecule has 1 saturated heterocycles. The molecule has 1 heterocycles. The van der Waals surface area contributed by atoms with Crippen LogP contribution in [0.25, 0.3) is 0 Å². The number of fused-ring (bicyclic) bond motifs is 1. The van der Waals surface area contributed by atoms with Gasteiger partial charge in [-0.15, -0.1) is 0 Å². The molecule has 3 atom stereocenters. The molecular formula is C15H25NO2. The fraction of sp³-hybridized carbons (Fsp3) is 0.933. The Morgan fingerprint density at radius 1 is 1.22 bits per heavy atom. The summed E-state index contributed by atoms with van der Waals surface area (Å²) in [6, 6.07) is 0. The predicted octanol–water partition coefficient (Wildman–Crippen LogP) is 2.31. The topological polar surface area (TPSA) is 29.5 Å². The van der Waals surface area contributed by atoms with E-state index in [0.717, 1.165) is 44.6 Å². The summed E-state index contributed by atoms with van der Waals surface area (Å²) in [7, 11) is 0. The molecule has 3 rings (SSSR count). The van der Waals surface area contributed by atoms with Crippen LogP contribution in [0.5, 0.6) is 0 Å². The molecule has 0 spiro atoms. The van der Waals surface area contributed by atoms with Crippen molar-refractivity contribution in [3.8, 4) is 0 Å². The van der Waals surface area contributed by atoms with Gasteiger partial charge in [-0.3, -0.25) is 4.79 Å². The number of likely N-dealkylation sites (tertiary alicyclic amines) is 1. The Kier molecular flexibility index (Phi) is 3.60. The first-order chi connectivity index (χ1) is 8.81. The molecule has 0 aromatic carbocycles. The molecule has 3 nitrogen and oxygen atoms in total. The molecule has 2 saturated carbocycles. The predicted molar refractivity (Wildman–Crippen MR) is 70.1 cm³/mol. The lowest BCUT2D eigenvalue weighted by atomic mass is 10.0. The molecule has 0 bridgehead atoms. The van der Waals surface area contributed by atoms with E-state index in [-0.39, 0.29) is 0 Å². The number of hydrogen-bond acceptors (Lipinski definition) is 2. The third kappa shape index (κ3) is 2.29. The van der Waals surface area contributed by atoms with E-state index >= 15 is 0 Å². The molecule has 0 N–H and O–H groups in total. The summed E-state index contributed by atoms with van der Waals surface area (Å²) in [6.45, 7) is 5.56. The van der Waals surface area contributed by atoms with E-state index in [1.165, 1.54) is 25.7 Å². The zero-order chi connectivity index (χ0) is 12.5. The number of nitrogens with zero attached hydrogens (tertiary/aromatic N) is 1. The maximum atomic E-state index is 12.5. The van der Waals surface area contributed by atoms with Crippen LogP contribution >= 0.6 is 0 Å². The molecule has 1 amide bonds. The minimum absolute atomic E-state index is 0.401. The molecule has 0 aromatic rings. The fourth-order valence-corrected chi connectivity index (χ4v) is 4.02. The number of amides is 1. The van der Waals surface area contributed by atoms with E-state index < -0.39 is 0 Å². The second-order valence-electron chi connectivity index (χ2n) is 6.24. The molecule has 3 heteroatoms. The van der Waals surface area contributed by atoms with Gasteiger partial charge in [0.05, 0.1) is 6.61 Å². The summed E-state index contributed by atoms with van der Waals surface area (Å²) in [6.07, 6.45) is 6.43. The van der Waals surface area contributed by atoms with Crippen LogP contribution in [0, 0.1) is 23.7 Å². The minimum Gasteiger partial charge on any atom is -0.381 e. The molecule has 102 valence electrons. The number of carbonyl (C=O) groups excluding carboxylic acids is 1. The monoisotopic (exact) mass is 251 g/mol. The smallest absolute Gasteiger partial charge is 0.226 e. The first-order valence-corrected chi connectivity index (χ1v) is 7.67. The summed E-state index contributed by atoms with van der Waals surface area (Å²) < 4.78 is 5.48. The van der Waals surface area contributed by atoms with Crippen molar-refractivity contribution in [3.05, 3.63) is 0 Å². The normalized spacial score (nSPS) is 38.6. The lowest BCUT2D eigenvalue weighted by molar-refractivity contribution is -0.132. The summed E-state index contributed by atoms with van der Waals surface area (Å²) >= 11 is 0. The first kappa shape index (κ1) is 12.5. The van der Waals surface area contributed by atoms with Crippen LogP contribution in [0.15, 0.2) is 0 Å². The van der Waals surface area contributed by atoms with Gasteiger partial charge < -0.3 is 9.64 Å². The van der Waals surface area contributed by atoms with Gasteiger partial charge in [-0.2, -0.15) is 0 Å². The van der Waals surface area contributed by atoms with E-state index in [0.29, 0.717) is 17.7 Å². The van der Waals surface area contributed by atoms with Crippen molar-refractivity contribution in [1.82, 2.24) is 4.90 Å². The second kappa shape index (κ2) is 5.20. The van der Waals surface area contributed by atoms with E-state index in [1.54, 1.807) is 0 Å². The Morgan fingerprint density at radius 3 is 2.61 bits per heavy atom. The van der Waals surface area contributed by atoms with E-state index in [2.05, 4.69) is 4.90 Å². The Bertz CT molecular complexity index is 306. The van der Waals surface area contributed by atoms with Crippen LogP contribution in [-0.4, -0.2) is 37.1 Å². The van der Waals surface area contributed by atoms with Gasteiger partial charge in [-0.25, -0.2) is 0 Å². The number of carbonyl (C=O) groups is 1. The minimum atomic E-state index is 0.401. The summed E-state index contributed by atoms with van der Waals surface area (Å²) in [5.74, 6) is 2.94. The largest absolute Gasteiger partial charge is 0.381 e. The van der Waals surface area contributed by atoms with Crippen LogP contribution < -0.4 is 0 Å². The van der Waals surface area contributed by atoms with Crippen molar-refractivity contribution in [2.45, 2.75) is 39.0 Å². The maximum Gasteiger partial charge on any atom is 0.226 e. The fourth-order valence-electron chi connectivity index (χ4n) is 4.02. The van der Waals surface area contributed by atoms with Gasteiger partial charge >= 0.3 is 0 Å². The second-order valence-corrected chi connectivity index (χ2v) is 6.24. The maximum absolute atomic E-state index is 12.5.